The highest BCUT2D eigenvalue weighted by atomic mass is 19.4. The number of nitrogens with zero attached hydrogens (tertiary/aromatic N) is 2. The average molecular weight is 381 g/mol. The van der Waals surface area contributed by atoms with Gasteiger partial charge in [-0.05, 0) is 56.1 Å². The zero-order valence-corrected chi connectivity index (χ0v) is 14.3. The number of hydrogen-bond donors (Lipinski definition) is 1. The summed E-state index contributed by atoms with van der Waals surface area (Å²) in [6.45, 7) is 3.07. The molecule has 2 bridgehead atoms. The van der Waals surface area contributed by atoms with Crippen molar-refractivity contribution in [2.24, 2.45) is 5.92 Å². The molecule has 2 aromatic rings. The van der Waals surface area contributed by atoms with E-state index in [9.17, 15) is 18.0 Å². The topological polar surface area (TPSA) is 67.6 Å². The van der Waals surface area contributed by atoms with Gasteiger partial charge in [0.1, 0.15) is 5.75 Å². The van der Waals surface area contributed by atoms with E-state index in [4.69, 9.17) is 4.74 Å². The van der Waals surface area contributed by atoms with Gasteiger partial charge in [-0.2, -0.15) is 18.2 Å². The molecule has 1 aromatic carbocycles. The molecule has 0 aliphatic carbocycles. The number of piperidine rings is 3. The van der Waals surface area contributed by atoms with E-state index in [1.807, 2.05) is 0 Å². The predicted molar refractivity (Wildman–Crippen MR) is 88.4 cm³/mol. The van der Waals surface area contributed by atoms with E-state index in [1.54, 1.807) is 12.1 Å². The van der Waals surface area contributed by atoms with Crippen molar-refractivity contribution < 1.29 is 27.1 Å². The highest BCUT2D eigenvalue weighted by Gasteiger charge is 2.36. The first-order chi connectivity index (χ1) is 12.9. The number of benzene rings is 1. The summed E-state index contributed by atoms with van der Waals surface area (Å²) in [4.78, 5) is 18.2. The Bertz CT molecular complexity index is 811. The summed E-state index contributed by atoms with van der Waals surface area (Å²) >= 11 is 0. The third-order valence-corrected chi connectivity index (χ3v) is 5.06. The van der Waals surface area contributed by atoms with Crippen molar-refractivity contribution in [2.45, 2.75) is 25.1 Å². The van der Waals surface area contributed by atoms with E-state index in [1.165, 1.54) is 12.1 Å². The normalized spacial score (nSPS) is 24.6. The summed E-state index contributed by atoms with van der Waals surface area (Å²) in [6.07, 6.45) is -2.36. The van der Waals surface area contributed by atoms with Gasteiger partial charge >= 0.3 is 12.3 Å². The zero-order valence-electron chi connectivity index (χ0n) is 14.3. The third-order valence-electron chi connectivity index (χ3n) is 5.06. The molecule has 5 rings (SSSR count). The highest BCUT2D eigenvalue weighted by Crippen LogP contribution is 2.32. The number of nitrogens with one attached hydrogen (secondary N) is 1. The molecule has 0 saturated carbocycles. The van der Waals surface area contributed by atoms with Gasteiger partial charge in [0, 0.05) is 18.2 Å². The molecule has 0 unspecified atom stereocenters. The minimum atomic E-state index is -4.62. The first-order valence-electron chi connectivity index (χ1n) is 8.72. The third kappa shape index (κ3) is 3.92. The minimum Gasteiger partial charge on any atom is -0.411 e. The van der Waals surface area contributed by atoms with Crippen LogP contribution in [0.3, 0.4) is 0 Å². The number of ether oxygens (including phenoxy) is 1. The van der Waals surface area contributed by atoms with Gasteiger partial charge in [0.2, 0.25) is 5.76 Å². The van der Waals surface area contributed by atoms with Crippen LogP contribution in [-0.4, -0.2) is 41.5 Å². The SMILES string of the molecule is O=C(N[C@H]1CN2CCC1CC2)c1ccc(Oc2ncc(C(F)(F)F)o2)cc1. The van der Waals surface area contributed by atoms with Crippen molar-refractivity contribution in [2.75, 3.05) is 19.6 Å². The van der Waals surface area contributed by atoms with Gasteiger partial charge in [0.05, 0.1) is 6.20 Å². The van der Waals surface area contributed by atoms with Crippen molar-refractivity contribution in [3.8, 4) is 11.8 Å². The summed E-state index contributed by atoms with van der Waals surface area (Å²) in [5.74, 6) is -0.652. The van der Waals surface area contributed by atoms with Crippen LogP contribution in [0.4, 0.5) is 13.2 Å². The second-order valence-electron chi connectivity index (χ2n) is 6.83. The summed E-state index contributed by atoms with van der Waals surface area (Å²) in [6, 6.07) is 6.24. The summed E-state index contributed by atoms with van der Waals surface area (Å²) in [7, 11) is 0. The van der Waals surface area contributed by atoms with E-state index < -0.39 is 18.0 Å². The molecule has 1 N–H and O–H groups in total. The lowest BCUT2D eigenvalue weighted by molar-refractivity contribution is -0.153. The van der Waals surface area contributed by atoms with E-state index >= 15 is 0 Å². The number of amides is 1. The van der Waals surface area contributed by atoms with Crippen molar-refractivity contribution in [3.63, 3.8) is 0 Å². The summed E-state index contributed by atoms with van der Waals surface area (Å²) in [5, 5.41) is 3.08. The minimum absolute atomic E-state index is 0.157. The molecule has 3 aliphatic heterocycles. The molecule has 0 radical (unpaired) electrons. The molecule has 144 valence electrons. The van der Waals surface area contributed by atoms with Crippen LogP contribution in [0.5, 0.6) is 11.8 Å². The van der Waals surface area contributed by atoms with Gasteiger partial charge in [-0.1, -0.05) is 0 Å². The Kier molecular flexibility index (Phi) is 4.55. The molecule has 3 fully saturated rings. The predicted octanol–water partition coefficient (Wildman–Crippen LogP) is 3.31. The maximum absolute atomic E-state index is 12.5. The molecular weight excluding hydrogens is 363 g/mol. The highest BCUT2D eigenvalue weighted by molar-refractivity contribution is 5.94. The second-order valence-corrected chi connectivity index (χ2v) is 6.83. The van der Waals surface area contributed by atoms with Crippen molar-refractivity contribution >= 4 is 5.91 Å². The second kappa shape index (κ2) is 6.88. The van der Waals surface area contributed by atoms with Crippen LogP contribution in [-0.2, 0) is 6.18 Å². The fourth-order valence-corrected chi connectivity index (χ4v) is 3.59. The first-order valence-corrected chi connectivity index (χ1v) is 8.72. The maximum Gasteiger partial charge on any atom is 0.451 e. The quantitative estimate of drug-likeness (QED) is 0.880. The Labute approximate surface area is 153 Å². The van der Waals surface area contributed by atoms with E-state index in [0.29, 0.717) is 17.7 Å². The van der Waals surface area contributed by atoms with Crippen LogP contribution in [0.2, 0.25) is 0 Å². The molecule has 27 heavy (non-hydrogen) atoms. The van der Waals surface area contributed by atoms with Gasteiger partial charge in [0.15, 0.2) is 0 Å². The Balaban J connectivity index is 1.37. The van der Waals surface area contributed by atoms with Crippen LogP contribution in [0, 0.1) is 5.92 Å². The molecule has 6 nitrogen and oxygen atoms in total. The van der Waals surface area contributed by atoms with Crippen molar-refractivity contribution in [1.29, 1.82) is 0 Å². The molecular formula is C18H18F3N3O3. The lowest BCUT2D eigenvalue weighted by Gasteiger charge is -2.44. The Hall–Kier alpha value is -2.55. The molecule has 9 heteroatoms. The molecule has 4 heterocycles. The Morgan fingerprint density at radius 3 is 2.48 bits per heavy atom. The molecule has 0 spiro atoms. The van der Waals surface area contributed by atoms with Crippen molar-refractivity contribution in [1.82, 2.24) is 15.2 Å². The van der Waals surface area contributed by atoms with E-state index in [-0.39, 0.29) is 17.7 Å². The number of halogens is 3. The van der Waals surface area contributed by atoms with Crippen LogP contribution in [0.15, 0.2) is 34.9 Å². The number of oxazole rings is 1. The van der Waals surface area contributed by atoms with Crippen LogP contribution >= 0.6 is 0 Å². The van der Waals surface area contributed by atoms with Crippen LogP contribution in [0.25, 0.3) is 0 Å². The number of fused-ring (bicyclic) bond motifs is 3. The molecule has 3 aliphatic rings. The molecule has 1 atom stereocenters. The van der Waals surface area contributed by atoms with Gasteiger partial charge < -0.3 is 19.4 Å². The summed E-state index contributed by atoms with van der Waals surface area (Å²) < 4.78 is 47.2. The lowest BCUT2D eigenvalue weighted by atomic mass is 9.84. The fourth-order valence-electron chi connectivity index (χ4n) is 3.59. The maximum atomic E-state index is 12.5. The number of rotatable bonds is 4. The standard InChI is InChI=1S/C18H18F3N3O3/c19-18(20,21)15-9-22-17(27-15)26-13-3-1-12(2-4-13)16(25)23-14-10-24-7-5-11(14)6-8-24/h1-4,9,11,14H,5-8,10H2,(H,23,25)/t14-/m0/s1. The molecule has 1 aromatic heterocycles. The fraction of sp³-hybridized carbons (Fsp3) is 0.444. The zero-order chi connectivity index (χ0) is 19.0. The smallest absolute Gasteiger partial charge is 0.411 e. The number of hydrogen-bond acceptors (Lipinski definition) is 5. The number of carbonyl (C=O) groups is 1. The Morgan fingerprint density at radius 1 is 1.22 bits per heavy atom. The van der Waals surface area contributed by atoms with E-state index in [0.717, 1.165) is 32.5 Å². The van der Waals surface area contributed by atoms with Crippen LogP contribution < -0.4 is 10.1 Å². The van der Waals surface area contributed by atoms with Crippen molar-refractivity contribution in [3.05, 3.63) is 41.8 Å². The van der Waals surface area contributed by atoms with Crippen LogP contribution in [0.1, 0.15) is 29.0 Å². The summed E-state index contributed by atoms with van der Waals surface area (Å²) in [5.41, 5.74) is 0.460. The Morgan fingerprint density at radius 2 is 1.93 bits per heavy atom. The van der Waals surface area contributed by atoms with E-state index in [2.05, 4.69) is 19.6 Å². The van der Waals surface area contributed by atoms with Gasteiger partial charge in [0.25, 0.3) is 5.91 Å². The monoisotopic (exact) mass is 381 g/mol. The van der Waals surface area contributed by atoms with Gasteiger partial charge in [-0.3, -0.25) is 4.79 Å². The molecule has 3 saturated heterocycles. The average Bonchev–Trinajstić information content (AvgIpc) is 3.12. The largest absolute Gasteiger partial charge is 0.451 e. The number of carbonyl (C=O) groups excluding carboxylic acids is 1. The van der Waals surface area contributed by atoms with Gasteiger partial charge in [-0.15, -0.1) is 0 Å². The number of aromatic nitrogens is 1. The lowest BCUT2D eigenvalue weighted by Crippen LogP contribution is -2.57. The first kappa shape index (κ1) is 17.8. The molecule has 1 amide bonds. The number of alkyl halides is 3. The van der Waals surface area contributed by atoms with Gasteiger partial charge in [-0.25, -0.2) is 0 Å².